The van der Waals surface area contributed by atoms with E-state index in [9.17, 15) is 9.90 Å². The van der Waals surface area contributed by atoms with Gasteiger partial charge in [0.25, 0.3) is 0 Å². The molecule has 1 fully saturated rings. The Hall–Kier alpha value is -1.92. The summed E-state index contributed by atoms with van der Waals surface area (Å²) in [6.07, 6.45) is 1.66. The second-order valence-corrected chi connectivity index (χ2v) is 6.20. The van der Waals surface area contributed by atoms with Crippen LogP contribution in [0.15, 0.2) is 29.6 Å². The summed E-state index contributed by atoms with van der Waals surface area (Å²) in [7, 11) is 1.64. The van der Waals surface area contributed by atoms with Crippen molar-refractivity contribution < 1.29 is 14.6 Å². The van der Waals surface area contributed by atoms with Gasteiger partial charge in [-0.05, 0) is 43.7 Å². The number of nitrogens with zero attached hydrogens (tertiary/aromatic N) is 2. The van der Waals surface area contributed by atoms with Crippen LogP contribution in [0.3, 0.4) is 0 Å². The van der Waals surface area contributed by atoms with Crippen molar-refractivity contribution in [2.24, 2.45) is 0 Å². The van der Waals surface area contributed by atoms with Crippen molar-refractivity contribution in [1.29, 1.82) is 0 Å². The molecule has 1 aromatic heterocycles. The topological polar surface area (TPSA) is 62.7 Å². The van der Waals surface area contributed by atoms with Crippen LogP contribution < -0.4 is 4.74 Å². The SMILES string of the molecule is COc1ccc(-c2nc(CN3CCC[C@H]3C(=O)O)cs2)cc1. The Kier molecular flexibility index (Phi) is 4.40. The summed E-state index contributed by atoms with van der Waals surface area (Å²) in [5.41, 5.74) is 1.98. The number of hydrogen-bond donors (Lipinski definition) is 1. The Morgan fingerprint density at radius 2 is 2.23 bits per heavy atom. The number of benzene rings is 1. The number of hydrogen-bond acceptors (Lipinski definition) is 5. The summed E-state index contributed by atoms with van der Waals surface area (Å²) in [5, 5.41) is 12.2. The van der Waals surface area contributed by atoms with Crippen LogP contribution in [-0.4, -0.2) is 40.7 Å². The molecule has 0 spiro atoms. The molecule has 1 aliphatic rings. The molecule has 0 bridgehead atoms. The third-order valence-electron chi connectivity index (χ3n) is 3.90. The van der Waals surface area contributed by atoms with E-state index in [1.54, 1.807) is 18.4 Å². The number of aliphatic carboxylic acids is 1. The summed E-state index contributed by atoms with van der Waals surface area (Å²) in [4.78, 5) is 17.8. The van der Waals surface area contributed by atoms with E-state index in [0.29, 0.717) is 6.54 Å². The van der Waals surface area contributed by atoms with Crippen molar-refractivity contribution in [2.45, 2.75) is 25.4 Å². The molecule has 2 aromatic rings. The van der Waals surface area contributed by atoms with E-state index in [1.807, 2.05) is 34.5 Å². The van der Waals surface area contributed by atoms with Crippen LogP contribution in [0.25, 0.3) is 10.6 Å². The molecule has 0 amide bonds. The van der Waals surface area contributed by atoms with E-state index in [2.05, 4.69) is 4.98 Å². The van der Waals surface area contributed by atoms with Gasteiger partial charge in [-0.25, -0.2) is 4.98 Å². The van der Waals surface area contributed by atoms with E-state index in [4.69, 9.17) is 4.74 Å². The summed E-state index contributed by atoms with van der Waals surface area (Å²) in [6.45, 7) is 1.43. The molecule has 0 unspecified atom stereocenters. The van der Waals surface area contributed by atoms with Gasteiger partial charge in [0.15, 0.2) is 0 Å². The smallest absolute Gasteiger partial charge is 0.320 e. The number of carbonyl (C=O) groups is 1. The molecule has 2 heterocycles. The van der Waals surface area contributed by atoms with Gasteiger partial charge in [0.1, 0.15) is 16.8 Å². The highest BCUT2D eigenvalue weighted by Crippen LogP contribution is 2.27. The van der Waals surface area contributed by atoms with E-state index in [1.165, 1.54) is 0 Å². The van der Waals surface area contributed by atoms with Gasteiger partial charge in [-0.3, -0.25) is 9.69 Å². The number of ether oxygens (including phenoxy) is 1. The zero-order chi connectivity index (χ0) is 15.5. The standard InChI is InChI=1S/C16H18N2O3S/c1-21-13-6-4-11(5-7-13)15-17-12(10-22-15)9-18-8-2-3-14(18)16(19)20/h4-7,10,14H,2-3,8-9H2,1H3,(H,19,20)/t14-/m0/s1. The Bertz CT molecular complexity index is 654. The van der Waals surface area contributed by atoms with Gasteiger partial charge in [-0.1, -0.05) is 0 Å². The quantitative estimate of drug-likeness (QED) is 0.918. The Morgan fingerprint density at radius 1 is 1.45 bits per heavy atom. The molecule has 1 atom stereocenters. The highest BCUT2D eigenvalue weighted by Gasteiger charge is 2.30. The lowest BCUT2D eigenvalue weighted by molar-refractivity contribution is -0.142. The lowest BCUT2D eigenvalue weighted by Crippen LogP contribution is -2.35. The highest BCUT2D eigenvalue weighted by molar-refractivity contribution is 7.13. The fourth-order valence-electron chi connectivity index (χ4n) is 2.75. The molecule has 0 aliphatic carbocycles. The first kappa shape index (κ1) is 15.0. The van der Waals surface area contributed by atoms with Crippen molar-refractivity contribution in [3.63, 3.8) is 0 Å². The first-order chi connectivity index (χ1) is 10.7. The highest BCUT2D eigenvalue weighted by atomic mass is 32.1. The summed E-state index contributed by atoms with van der Waals surface area (Å²) in [5.74, 6) is 0.0880. The van der Waals surface area contributed by atoms with Gasteiger partial charge >= 0.3 is 5.97 Å². The van der Waals surface area contributed by atoms with Gasteiger partial charge in [0.2, 0.25) is 0 Å². The van der Waals surface area contributed by atoms with Gasteiger partial charge < -0.3 is 9.84 Å². The second kappa shape index (κ2) is 6.46. The van der Waals surface area contributed by atoms with Crippen LogP contribution in [0.2, 0.25) is 0 Å². The Balaban J connectivity index is 1.72. The molecule has 3 rings (SSSR count). The van der Waals surface area contributed by atoms with Crippen molar-refractivity contribution in [2.75, 3.05) is 13.7 Å². The molecule has 116 valence electrons. The molecule has 1 saturated heterocycles. The van der Waals surface area contributed by atoms with Crippen LogP contribution in [-0.2, 0) is 11.3 Å². The van der Waals surface area contributed by atoms with Crippen LogP contribution in [0.1, 0.15) is 18.5 Å². The largest absolute Gasteiger partial charge is 0.497 e. The molecule has 22 heavy (non-hydrogen) atoms. The number of carboxylic acid groups (broad SMARTS) is 1. The number of methoxy groups -OCH3 is 1. The lowest BCUT2D eigenvalue weighted by atomic mass is 10.2. The molecular weight excluding hydrogens is 300 g/mol. The first-order valence-electron chi connectivity index (χ1n) is 7.23. The van der Waals surface area contributed by atoms with Crippen LogP contribution in [0, 0.1) is 0 Å². The van der Waals surface area contributed by atoms with Crippen molar-refractivity contribution in [3.8, 4) is 16.3 Å². The van der Waals surface area contributed by atoms with Crippen molar-refractivity contribution >= 4 is 17.3 Å². The molecule has 6 heteroatoms. The van der Waals surface area contributed by atoms with Gasteiger partial charge in [-0.15, -0.1) is 11.3 Å². The van der Waals surface area contributed by atoms with Gasteiger partial charge in [0.05, 0.1) is 12.8 Å². The minimum atomic E-state index is -0.733. The maximum absolute atomic E-state index is 11.2. The lowest BCUT2D eigenvalue weighted by Gasteiger charge is -2.19. The average molecular weight is 318 g/mol. The van der Waals surface area contributed by atoms with Crippen LogP contribution in [0.4, 0.5) is 0 Å². The fourth-order valence-corrected chi connectivity index (χ4v) is 3.57. The number of aromatic nitrogens is 1. The second-order valence-electron chi connectivity index (χ2n) is 5.34. The van der Waals surface area contributed by atoms with Gasteiger partial charge in [0, 0.05) is 17.5 Å². The molecule has 5 nitrogen and oxygen atoms in total. The monoisotopic (exact) mass is 318 g/mol. The Labute approximate surface area is 133 Å². The number of thiazole rings is 1. The van der Waals surface area contributed by atoms with E-state index >= 15 is 0 Å². The normalized spacial score (nSPS) is 18.5. The van der Waals surface area contributed by atoms with Crippen molar-refractivity contribution in [3.05, 3.63) is 35.3 Å². The molecule has 1 N–H and O–H groups in total. The van der Waals surface area contributed by atoms with E-state index < -0.39 is 5.97 Å². The zero-order valence-corrected chi connectivity index (χ0v) is 13.2. The summed E-state index contributed by atoms with van der Waals surface area (Å²) < 4.78 is 5.15. The van der Waals surface area contributed by atoms with Crippen LogP contribution in [0.5, 0.6) is 5.75 Å². The molecule has 1 aliphatic heterocycles. The maximum atomic E-state index is 11.2. The minimum absolute atomic E-state index is 0.369. The zero-order valence-electron chi connectivity index (χ0n) is 12.4. The molecular formula is C16H18N2O3S. The maximum Gasteiger partial charge on any atom is 0.320 e. The minimum Gasteiger partial charge on any atom is -0.497 e. The molecule has 1 aromatic carbocycles. The fraction of sp³-hybridized carbons (Fsp3) is 0.375. The summed E-state index contributed by atoms with van der Waals surface area (Å²) >= 11 is 1.58. The molecule has 0 saturated carbocycles. The van der Waals surface area contributed by atoms with Gasteiger partial charge in [-0.2, -0.15) is 0 Å². The number of rotatable bonds is 5. The number of likely N-dealkylation sites (tertiary alicyclic amines) is 1. The van der Waals surface area contributed by atoms with E-state index in [-0.39, 0.29) is 6.04 Å². The summed E-state index contributed by atoms with van der Waals surface area (Å²) in [6, 6.07) is 7.43. The van der Waals surface area contributed by atoms with E-state index in [0.717, 1.165) is 41.4 Å². The third kappa shape index (κ3) is 3.13. The predicted molar refractivity (Wildman–Crippen MR) is 85.2 cm³/mol. The predicted octanol–water partition coefficient (Wildman–Crippen LogP) is 2.87. The third-order valence-corrected chi connectivity index (χ3v) is 4.84. The molecule has 0 radical (unpaired) electrons. The van der Waals surface area contributed by atoms with Crippen molar-refractivity contribution in [1.82, 2.24) is 9.88 Å². The first-order valence-corrected chi connectivity index (χ1v) is 8.11. The Morgan fingerprint density at radius 3 is 2.91 bits per heavy atom. The van der Waals surface area contributed by atoms with Crippen LogP contribution >= 0.6 is 11.3 Å². The average Bonchev–Trinajstić information content (AvgIpc) is 3.17. The number of carboxylic acids is 1.